The Morgan fingerprint density at radius 2 is 1.88 bits per heavy atom. The molecule has 0 spiro atoms. The number of primary amides is 1. The van der Waals surface area contributed by atoms with Crippen LogP contribution in [0.15, 0.2) is 48.5 Å². The van der Waals surface area contributed by atoms with Crippen LogP contribution in [-0.4, -0.2) is 35.4 Å². The number of nitrogens with two attached hydrogens (primary N) is 1. The SMILES string of the molecule is CN(Cc1nc2ccccc2s1)C(=O)c1ccccc1OCC(N)=O. The van der Waals surface area contributed by atoms with Crippen LogP contribution >= 0.6 is 11.3 Å². The van der Waals surface area contributed by atoms with Crippen LogP contribution in [0.1, 0.15) is 15.4 Å². The number of nitrogens with zero attached hydrogens (tertiary/aromatic N) is 2. The normalized spacial score (nSPS) is 10.6. The lowest BCUT2D eigenvalue weighted by molar-refractivity contribution is -0.119. The molecule has 0 saturated heterocycles. The van der Waals surface area contributed by atoms with E-state index >= 15 is 0 Å². The van der Waals surface area contributed by atoms with Gasteiger partial charge < -0.3 is 15.4 Å². The quantitative estimate of drug-likeness (QED) is 0.736. The number of thiazole rings is 1. The average Bonchev–Trinajstić information content (AvgIpc) is 3.01. The van der Waals surface area contributed by atoms with Crippen LogP contribution in [0.25, 0.3) is 10.2 Å². The summed E-state index contributed by atoms with van der Waals surface area (Å²) in [6.07, 6.45) is 0. The summed E-state index contributed by atoms with van der Waals surface area (Å²) in [4.78, 5) is 29.8. The van der Waals surface area contributed by atoms with Gasteiger partial charge in [-0.1, -0.05) is 24.3 Å². The van der Waals surface area contributed by atoms with Gasteiger partial charge in [0.1, 0.15) is 10.8 Å². The Kier molecular flexibility index (Phi) is 4.95. The molecule has 0 bridgehead atoms. The first-order valence-electron chi connectivity index (χ1n) is 7.64. The second-order valence-corrected chi connectivity index (χ2v) is 6.60. The molecule has 2 aromatic carbocycles. The van der Waals surface area contributed by atoms with Crippen LogP contribution < -0.4 is 10.5 Å². The van der Waals surface area contributed by atoms with Crippen LogP contribution in [0.4, 0.5) is 0 Å². The number of carbonyl (C=O) groups excluding carboxylic acids is 2. The Hall–Kier alpha value is -2.93. The van der Waals surface area contributed by atoms with Crippen molar-refractivity contribution in [1.82, 2.24) is 9.88 Å². The third-order valence-corrected chi connectivity index (χ3v) is 4.57. The van der Waals surface area contributed by atoms with Crippen molar-refractivity contribution in [3.05, 3.63) is 59.1 Å². The van der Waals surface area contributed by atoms with Gasteiger partial charge in [-0.2, -0.15) is 0 Å². The average molecular weight is 355 g/mol. The van der Waals surface area contributed by atoms with Crippen LogP contribution in [0, 0.1) is 0 Å². The van der Waals surface area contributed by atoms with Crippen molar-refractivity contribution in [3.63, 3.8) is 0 Å². The molecule has 0 atom stereocenters. The molecule has 0 aliphatic carbocycles. The minimum atomic E-state index is -0.593. The predicted octanol–water partition coefficient (Wildman–Crippen LogP) is 2.43. The Morgan fingerprint density at radius 1 is 1.16 bits per heavy atom. The third-order valence-electron chi connectivity index (χ3n) is 3.54. The van der Waals surface area contributed by atoms with Gasteiger partial charge in [-0.15, -0.1) is 11.3 Å². The minimum Gasteiger partial charge on any atom is -0.483 e. The van der Waals surface area contributed by atoms with E-state index in [0.29, 0.717) is 17.9 Å². The molecule has 2 N–H and O–H groups in total. The van der Waals surface area contributed by atoms with Crippen molar-refractivity contribution in [2.75, 3.05) is 13.7 Å². The zero-order chi connectivity index (χ0) is 17.8. The number of amides is 2. The lowest BCUT2D eigenvalue weighted by Crippen LogP contribution is -2.27. The van der Waals surface area contributed by atoms with Gasteiger partial charge in [-0.25, -0.2) is 4.98 Å². The third kappa shape index (κ3) is 3.95. The van der Waals surface area contributed by atoms with Crippen molar-refractivity contribution >= 4 is 33.4 Å². The van der Waals surface area contributed by atoms with E-state index in [1.807, 2.05) is 24.3 Å². The summed E-state index contributed by atoms with van der Waals surface area (Å²) >= 11 is 1.56. The first-order chi connectivity index (χ1) is 12.0. The molecular formula is C18H17N3O3S. The Bertz CT molecular complexity index is 890. The number of para-hydroxylation sites is 2. The summed E-state index contributed by atoms with van der Waals surface area (Å²) in [6, 6.07) is 14.6. The number of rotatable bonds is 6. The van der Waals surface area contributed by atoms with Crippen molar-refractivity contribution in [3.8, 4) is 5.75 Å². The van der Waals surface area contributed by atoms with Gasteiger partial charge in [0, 0.05) is 7.05 Å². The molecule has 2 amide bonds. The zero-order valence-corrected chi connectivity index (χ0v) is 14.5. The molecule has 3 rings (SSSR count). The first kappa shape index (κ1) is 16.9. The molecule has 128 valence electrons. The fourth-order valence-corrected chi connectivity index (χ4v) is 3.41. The molecule has 0 aliphatic heterocycles. The predicted molar refractivity (Wildman–Crippen MR) is 96.5 cm³/mol. The Labute approximate surface area is 148 Å². The number of fused-ring (bicyclic) bond motifs is 1. The van der Waals surface area contributed by atoms with Crippen molar-refractivity contribution in [1.29, 1.82) is 0 Å². The largest absolute Gasteiger partial charge is 0.483 e. The Balaban J connectivity index is 1.77. The maximum atomic E-state index is 12.7. The summed E-state index contributed by atoms with van der Waals surface area (Å²) < 4.78 is 6.42. The van der Waals surface area contributed by atoms with Gasteiger partial charge in [-0.3, -0.25) is 9.59 Å². The zero-order valence-electron chi connectivity index (χ0n) is 13.6. The summed E-state index contributed by atoms with van der Waals surface area (Å²) in [5, 5.41) is 0.854. The van der Waals surface area contributed by atoms with Crippen molar-refractivity contribution in [2.45, 2.75) is 6.54 Å². The molecular weight excluding hydrogens is 338 g/mol. The van der Waals surface area contributed by atoms with E-state index in [2.05, 4.69) is 4.98 Å². The second kappa shape index (κ2) is 7.31. The molecule has 6 nitrogen and oxygen atoms in total. The molecule has 0 unspecified atom stereocenters. The maximum absolute atomic E-state index is 12.7. The van der Waals surface area contributed by atoms with Crippen LogP contribution in [0.5, 0.6) is 5.75 Å². The molecule has 1 heterocycles. The van der Waals surface area contributed by atoms with E-state index in [9.17, 15) is 9.59 Å². The first-order valence-corrected chi connectivity index (χ1v) is 8.46. The number of aromatic nitrogens is 1. The number of ether oxygens (including phenoxy) is 1. The van der Waals surface area contributed by atoms with E-state index in [1.165, 1.54) is 0 Å². The molecule has 1 aromatic heterocycles. The topological polar surface area (TPSA) is 85.5 Å². The van der Waals surface area contributed by atoms with Gasteiger partial charge in [0.15, 0.2) is 6.61 Å². The number of hydrogen-bond donors (Lipinski definition) is 1. The Morgan fingerprint density at radius 3 is 2.64 bits per heavy atom. The summed E-state index contributed by atoms with van der Waals surface area (Å²) in [6.45, 7) is 0.119. The van der Waals surface area contributed by atoms with E-state index in [1.54, 1.807) is 47.5 Å². The molecule has 0 saturated carbocycles. The fraction of sp³-hybridized carbons (Fsp3) is 0.167. The van der Waals surface area contributed by atoms with Gasteiger partial charge in [0.25, 0.3) is 11.8 Å². The number of carbonyl (C=O) groups is 2. The summed E-state index contributed by atoms with van der Waals surface area (Å²) in [5.74, 6) is -0.466. The summed E-state index contributed by atoms with van der Waals surface area (Å²) in [5.41, 5.74) is 6.41. The number of benzene rings is 2. The van der Waals surface area contributed by atoms with Crippen LogP contribution in [-0.2, 0) is 11.3 Å². The highest BCUT2D eigenvalue weighted by Gasteiger charge is 2.18. The standard InChI is InChI=1S/C18H17N3O3S/c1-21(10-17-20-13-7-3-5-9-15(13)25-17)18(23)12-6-2-4-8-14(12)24-11-16(19)22/h2-9H,10-11H2,1H3,(H2,19,22). The van der Waals surface area contributed by atoms with E-state index in [-0.39, 0.29) is 12.5 Å². The van der Waals surface area contributed by atoms with E-state index in [4.69, 9.17) is 10.5 Å². The minimum absolute atomic E-state index is 0.209. The maximum Gasteiger partial charge on any atom is 0.257 e. The number of hydrogen-bond acceptors (Lipinski definition) is 5. The lowest BCUT2D eigenvalue weighted by atomic mass is 10.2. The van der Waals surface area contributed by atoms with Crippen molar-refractivity contribution < 1.29 is 14.3 Å². The molecule has 7 heteroatoms. The monoisotopic (exact) mass is 355 g/mol. The highest BCUT2D eigenvalue weighted by Crippen LogP contribution is 2.24. The fourth-order valence-electron chi connectivity index (χ4n) is 2.39. The molecule has 0 fully saturated rings. The van der Waals surface area contributed by atoms with Gasteiger partial charge in [0.05, 0.1) is 22.3 Å². The lowest BCUT2D eigenvalue weighted by Gasteiger charge is -2.17. The van der Waals surface area contributed by atoms with E-state index in [0.717, 1.165) is 15.2 Å². The van der Waals surface area contributed by atoms with Gasteiger partial charge >= 0.3 is 0 Å². The highest BCUT2D eigenvalue weighted by atomic mass is 32.1. The molecule has 0 aliphatic rings. The van der Waals surface area contributed by atoms with Crippen LogP contribution in [0.3, 0.4) is 0 Å². The highest BCUT2D eigenvalue weighted by molar-refractivity contribution is 7.18. The molecule has 25 heavy (non-hydrogen) atoms. The second-order valence-electron chi connectivity index (χ2n) is 5.49. The van der Waals surface area contributed by atoms with E-state index < -0.39 is 5.91 Å². The summed E-state index contributed by atoms with van der Waals surface area (Å²) in [7, 11) is 1.71. The van der Waals surface area contributed by atoms with Gasteiger partial charge in [0.2, 0.25) is 0 Å². The molecule has 3 aromatic rings. The smallest absolute Gasteiger partial charge is 0.257 e. The van der Waals surface area contributed by atoms with Crippen molar-refractivity contribution in [2.24, 2.45) is 5.73 Å². The van der Waals surface area contributed by atoms with Gasteiger partial charge in [-0.05, 0) is 24.3 Å². The molecule has 0 radical (unpaired) electrons. The van der Waals surface area contributed by atoms with Crippen LogP contribution in [0.2, 0.25) is 0 Å².